The predicted octanol–water partition coefficient (Wildman–Crippen LogP) is 2.74. The van der Waals surface area contributed by atoms with E-state index < -0.39 is 0 Å². The van der Waals surface area contributed by atoms with Crippen molar-refractivity contribution in [2.24, 2.45) is 0 Å². The van der Waals surface area contributed by atoms with E-state index in [0.29, 0.717) is 5.25 Å². The molecule has 3 aliphatic heterocycles. The van der Waals surface area contributed by atoms with Gasteiger partial charge in [-0.1, -0.05) is 12.1 Å². The number of H-pyrrole nitrogens is 1. The Hall–Kier alpha value is -2.17. The van der Waals surface area contributed by atoms with Crippen LogP contribution in [0.5, 0.6) is 0 Å². The van der Waals surface area contributed by atoms with E-state index in [1.54, 1.807) is 7.11 Å². The molecule has 1 N–H and O–H groups in total. The fourth-order valence-corrected chi connectivity index (χ4v) is 6.77. The van der Waals surface area contributed by atoms with E-state index in [1.165, 1.54) is 16.0 Å². The highest BCUT2D eigenvalue weighted by Crippen LogP contribution is 2.43. The Morgan fingerprint density at radius 2 is 1.89 bits per heavy atom. The molecule has 5 heterocycles. The third-order valence-corrected chi connectivity index (χ3v) is 8.61. The van der Waals surface area contributed by atoms with Crippen LogP contribution in [0.25, 0.3) is 22.3 Å². The lowest BCUT2D eigenvalue weighted by atomic mass is 10.1. The number of nitrogens with one attached hydrogen (secondary N) is 1. The number of fused-ring (bicyclic) bond motifs is 2. The van der Waals surface area contributed by atoms with Crippen molar-refractivity contribution in [2.75, 3.05) is 84.2 Å². The number of benzene rings is 1. The number of anilines is 1. The van der Waals surface area contributed by atoms with Gasteiger partial charge in [0.25, 0.3) is 0 Å². The van der Waals surface area contributed by atoms with Crippen LogP contribution in [-0.4, -0.2) is 109 Å². The summed E-state index contributed by atoms with van der Waals surface area (Å²) in [4.78, 5) is 22.5. The number of morpholine rings is 1. The molecule has 1 aromatic carbocycles. The molecule has 2 saturated heterocycles. The van der Waals surface area contributed by atoms with Gasteiger partial charge in [-0.3, -0.25) is 9.80 Å². The first kappa shape index (κ1) is 23.2. The first-order valence-corrected chi connectivity index (χ1v) is 13.6. The summed E-state index contributed by atoms with van der Waals surface area (Å²) < 4.78 is 10.9. The first-order chi connectivity index (χ1) is 17.3. The predicted molar refractivity (Wildman–Crippen MR) is 140 cm³/mol. The lowest BCUT2D eigenvalue weighted by Crippen LogP contribution is -2.48. The van der Waals surface area contributed by atoms with Crippen LogP contribution in [-0.2, 0) is 15.9 Å². The van der Waals surface area contributed by atoms with Gasteiger partial charge in [0.2, 0.25) is 0 Å². The minimum atomic E-state index is 0.517. The third-order valence-electron chi connectivity index (χ3n) is 7.31. The first-order valence-electron chi connectivity index (χ1n) is 12.7. The largest absolute Gasteiger partial charge is 0.383 e. The Morgan fingerprint density at radius 1 is 1.06 bits per heavy atom. The van der Waals surface area contributed by atoms with E-state index >= 15 is 0 Å². The van der Waals surface area contributed by atoms with Crippen molar-refractivity contribution in [3.63, 3.8) is 0 Å². The molecular formula is C26H34N6O2S. The Morgan fingerprint density at radius 3 is 2.71 bits per heavy atom. The number of hydrogen-bond donors (Lipinski definition) is 1. The number of aromatic nitrogens is 3. The second kappa shape index (κ2) is 10.4. The van der Waals surface area contributed by atoms with Gasteiger partial charge in [-0.15, -0.1) is 11.8 Å². The van der Waals surface area contributed by atoms with Crippen LogP contribution < -0.4 is 4.90 Å². The number of aromatic amines is 1. The lowest BCUT2D eigenvalue weighted by Gasteiger charge is -2.35. The van der Waals surface area contributed by atoms with Gasteiger partial charge in [0.15, 0.2) is 5.82 Å². The number of rotatable bonds is 7. The second-order valence-corrected chi connectivity index (χ2v) is 10.9. The molecule has 2 fully saturated rings. The van der Waals surface area contributed by atoms with Gasteiger partial charge in [0, 0.05) is 93.8 Å². The molecular weight excluding hydrogens is 460 g/mol. The van der Waals surface area contributed by atoms with Crippen LogP contribution in [0, 0.1) is 0 Å². The summed E-state index contributed by atoms with van der Waals surface area (Å²) in [6, 6.07) is 8.46. The molecule has 35 heavy (non-hydrogen) atoms. The second-order valence-electron chi connectivity index (χ2n) is 9.57. The molecule has 0 spiro atoms. The zero-order chi connectivity index (χ0) is 23.6. The molecule has 186 valence electrons. The van der Waals surface area contributed by atoms with Gasteiger partial charge >= 0.3 is 0 Å². The monoisotopic (exact) mass is 494 g/mol. The van der Waals surface area contributed by atoms with E-state index in [-0.39, 0.29) is 0 Å². The van der Waals surface area contributed by atoms with Gasteiger partial charge in [-0.25, -0.2) is 9.97 Å². The van der Waals surface area contributed by atoms with Crippen molar-refractivity contribution < 1.29 is 9.47 Å². The van der Waals surface area contributed by atoms with Crippen molar-refractivity contribution >= 4 is 28.5 Å². The van der Waals surface area contributed by atoms with E-state index in [9.17, 15) is 0 Å². The molecule has 9 heteroatoms. The Kier molecular flexibility index (Phi) is 6.93. The fourth-order valence-electron chi connectivity index (χ4n) is 5.36. The topological polar surface area (TPSA) is 69.8 Å². The number of thioether (sulfide) groups is 1. The SMILES string of the molecule is COCCN1CCN(CC2Cc3nc(-c4cccc5[nH]ccc45)nc(N4CCOCC4)c3S2)CC1. The highest BCUT2D eigenvalue weighted by atomic mass is 32.2. The molecule has 3 aromatic rings. The zero-order valence-electron chi connectivity index (χ0n) is 20.4. The smallest absolute Gasteiger partial charge is 0.162 e. The number of methoxy groups -OCH3 is 1. The third kappa shape index (κ3) is 4.93. The summed E-state index contributed by atoms with van der Waals surface area (Å²) in [5, 5.41) is 1.69. The van der Waals surface area contributed by atoms with Crippen LogP contribution in [0.3, 0.4) is 0 Å². The number of hydrogen-bond acceptors (Lipinski definition) is 8. The van der Waals surface area contributed by atoms with Crippen LogP contribution in [0.2, 0.25) is 0 Å². The normalized spacial score (nSPS) is 21.6. The molecule has 0 saturated carbocycles. The molecule has 1 atom stereocenters. The van der Waals surface area contributed by atoms with E-state index in [1.807, 2.05) is 18.0 Å². The summed E-state index contributed by atoms with van der Waals surface area (Å²) in [5.41, 5.74) is 3.43. The van der Waals surface area contributed by atoms with Crippen LogP contribution in [0.4, 0.5) is 5.82 Å². The maximum atomic E-state index is 5.64. The summed E-state index contributed by atoms with van der Waals surface area (Å²) in [6.07, 6.45) is 2.99. The van der Waals surface area contributed by atoms with E-state index in [2.05, 4.69) is 43.9 Å². The van der Waals surface area contributed by atoms with Crippen LogP contribution in [0.15, 0.2) is 35.4 Å². The number of ether oxygens (including phenoxy) is 2. The van der Waals surface area contributed by atoms with Crippen LogP contribution >= 0.6 is 11.8 Å². The number of piperazine rings is 1. The average Bonchev–Trinajstić information content (AvgIpc) is 3.55. The maximum absolute atomic E-state index is 5.64. The average molecular weight is 495 g/mol. The molecule has 8 nitrogen and oxygen atoms in total. The molecule has 2 aromatic heterocycles. The standard InChI is InChI=1S/C26H34N6O2S/c1-33-14-11-30-7-9-31(10-8-30)18-19-17-23-24(35-19)26(32-12-15-34-16-13-32)29-25(28-23)21-3-2-4-22-20(21)5-6-27-22/h2-6,19,27H,7-18H2,1H3. The minimum Gasteiger partial charge on any atom is -0.383 e. The van der Waals surface area contributed by atoms with Gasteiger partial charge < -0.3 is 19.4 Å². The van der Waals surface area contributed by atoms with Crippen molar-refractivity contribution in [2.45, 2.75) is 16.6 Å². The van der Waals surface area contributed by atoms with Gasteiger partial charge in [0.05, 0.1) is 30.4 Å². The zero-order valence-corrected chi connectivity index (χ0v) is 21.2. The maximum Gasteiger partial charge on any atom is 0.162 e. The van der Waals surface area contributed by atoms with Gasteiger partial charge in [-0.2, -0.15) is 0 Å². The Balaban J connectivity index is 1.24. The Labute approximate surface area is 211 Å². The van der Waals surface area contributed by atoms with E-state index in [4.69, 9.17) is 19.4 Å². The molecule has 0 amide bonds. The van der Waals surface area contributed by atoms with Crippen LogP contribution in [0.1, 0.15) is 5.69 Å². The van der Waals surface area contributed by atoms with E-state index in [0.717, 1.165) is 101 Å². The summed E-state index contributed by atoms with van der Waals surface area (Å²) in [6.45, 7) is 10.7. The quantitative estimate of drug-likeness (QED) is 0.538. The summed E-state index contributed by atoms with van der Waals surface area (Å²) in [5.74, 6) is 1.93. The molecule has 0 radical (unpaired) electrons. The minimum absolute atomic E-state index is 0.517. The summed E-state index contributed by atoms with van der Waals surface area (Å²) in [7, 11) is 1.78. The fraction of sp³-hybridized carbons (Fsp3) is 0.538. The highest BCUT2D eigenvalue weighted by Gasteiger charge is 2.32. The Bertz CT molecular complexity index is 1160. The van der Waals surface area contributed by atoms with Crippen molar-refractivity contribution in [3.05, 3.63) is 36.2 Å². The lowest BCUT2D eigenvalue weighted by molar-refractivity contribution is 0.0973. The highest BCUT2D eigenvalue weighted by molar-refractivity contribution is 8.00. The van der Waals surface area contributed by atoms with Crippen molar-refractivity contribution in [3.8, 4) is 11.4 Å². The molecule has 1 unspecified atom stereocenters. The molecule has 0 bridgehead atoms. The van der Waals surface area contributed by atoms with Gasteiger partial charge in [-0.05, 0) is 12.1 Å². The molecule has 0 aliphatic carbocycles. The molecule has 6 rings (SSSR count). The van der Waals surface area contributed by atoms with Crippen molar-refractivity contribution in [1.82, 2.24) is 24.8 Å². The van der Waals surface area contributed by atoms with Crippen molar-refractivity contribution in [1.29, 1.82) is 0 Å². The summed E-state index contributed by atoms with van der Waals surface area (Å²) >= 11 is 1.99. The van der Waals surface area contributed by atoms with Gasteiger partial charge in [0.1, 0.15) is 5.82 Å². The molecule has 3 aliphatic rings. The number of nitrogens with zero attached hydrogens (tertiary/aromatic N) is 5.